The molecule has 1 fully saturated rings. The van der Waals surface area contributed by atoms with Crippen LogP contribution < -0.4 is 5.32 Å². The molecule has 0 radical (unpaired) electrons. The maximum absolute atomic E-state index is 10.6. The van der Waals surface area contributed by atoms with Crippen LogP contribution in [0.15, 0.2) is 0 Å². The highest BCUT2D eigenvalue weighted by Crippen LogP contribution is 2.17. The lowest BCUT2D eigenvalue weighted by Gasteiger charge is -2.26. The van der Waals surface area contributed by atoms with E-state index in [2.05, 4.69) is 5.32 Å². The van der Waals surface area contributed by atoms with Crippen molar-refractivity contribution in [3.63, 3.8) is 0 Å². The molecule has 0 aromatic rings. The van der Waals surface area contributed by atoms with Gasteiger partial charge in [0.15, 0.2) is 5.60 Å². The normalized spacial score (nSPS) is 23.0. The van der Waals surface area contributed by atoms with Crippen molar-refractivity contribution in [2.24, 2.45) is 0 Å². The van der Waals surface area contributed by atoms with Gasteiger partial charge < -0.3 is 15.5 Å². The molecule has 3 N–H and O–H groups in total. The summed E-state index contributed by atoms with van der Waals surface area (Å²) in [5.41, 5.74) is -1.64. The molecule has 0 aliphatic heterocycles. The molecule has 1 atom stereocenters. The zero-order valence-electron chi connectivity index (χ0n) is 8.62. The summed E-state index contributed by atoms with van der Waals surface area (Å²) in [5.74, 6) is -1.17. The lowest BCUT2D eigenvalue weighted by atomic mass is 9.95. The molecule has 1 unspecified atom stereocenters. The summed E-state index contributed by atoms with van der Waals surface area (Å²) in [5, 5.41) is 21.3. The number of carbonyl (C=O) groups is 1. The van der Waals surface area contributed by atoms with Gasteiger partial charge in [-0.2, -0.15) is 0 Å². The molecule has 0 bridgehead atoms. The van der Waals surface area contributed by atoms with E-state index < -0.39 is 11.6 Å². The smallest absolute Gasteiger partial charge is 0.336 e. The van der Waals surface area contributed by atoms with E-state index in [0.29, 0.717) is 6.04 Å². The molecule has 14 heavy (non-hydrogen) atoms. The van der Waals surface area contributed by atoms with Gasteiger partial charge in [-0.25, -0.2) is 4.79 Å². The van der Waals surface area contributed by atoms with Crippen LogP contribution >= 0.6 is 0 Å². The van der Waals surface area contributed by atoms with Crippen LogP contribution in [0.1, 0.15) is 39.0 Å². The van der Waals surface area contributed by atoms with Gasteiger partial charge in [0, 0.05) is 12.6 Å². The zero-order chi connectivity index (χ0) is 10.6. The third-order valence-electron chi connectivity index (χ3n) is 2.80. The standard InChI is InChI=1S/C10H19NO3/c1-10(14,9(12)13)7-11-8-5-3-2-4-6-8/h8,11,14H,2-7H2,1H3,(H,12,13). The molecule has 1 rings (SSSR count). The predicted octanol–water partition coefficient (Wildman–Crippen LogP) is 0.744. The fourth-order valence-corrected chi connectivity index (χ4v) is 1.73. The van der Waals surface area contributed by atoms with Gasteiger partial charge >= 0.3 is 5.97 Å². The van der Waals surface area contributed by atoms with Crippen LogP contribution in [0.3, 0.4) is 0 Å². The number of hydrogen-bond donors (Lipinski definition) is 3. The van der Waals surface area contributed by atoms with E-state index in [1.54, 1.807) is 0 Å². The molecule has 1 saturated carbocycles. The minimum absolute atomic E-state index is 0.132. The first-order valence-electron chi connectivity index (χ1n) is 5.21. The summed E-state index contributed by atoms with van der Waals surface area (Å²) < 4.78 is 0. The average molecular weight is 201 g/mol. The minimum Gasteiger partial charge on any atom is -0.479 e. The summed E-state index contributed by atoms with van der Waals surface area (Å²) in [7, 11) is 0. The van der Waals surface area contributed by atoms with E-state index in [0.717, 1.165) is 12.8 Å². The van der Waals surface area contributed by atoms with Crippen LogP contribution in [0, 0.1) is 0 Å². The van der Waals surface area contributed by atoms with Gasteiger partial charge in [-0.3, -0.25) is 0 Å². The van der Waals surface area contributed by atoms with Crippen molar-refractivity contribution in [2.45, 2.75) is 50.7 Å². The van der Waals surface area contributed by atoms with Crippen molar-refractivity contribution in [3.8, 4) is 0 Å². The van der Waals surface area contributed by atoms with E-state index >= 15 is 0 Å². The second-order valence-corrected chi connectivity index (χ2v) is 4.29. The second kappa shape index (κ2) is 4.75. The lowest BCUT2D eigenvalue weighted by molar-refractivity contribution is -0.156. The molecule has 0 aromatic carbocycles. The number of aliphatic carboxylic acids is 1. The number of nitrogens with one attached hydrogen (secondary N) is 1. The Morgan fingerprint density at radius 1 is 1.43 bits per heavy atom. The van der Waals surface area contributed by atoms with Crippen molar-refractivity contribution in [2.75, 3.05) is 6.54 Å². The van der Waals surface area contributed by atoms with Gasteiger partial charge in [0.2, 0.25) is 0 Å². The highest BCUT2D eigenvalue weighted by Gasteiger charge is 2.30. The van der Waals surface area contributed by atoms with E-state index in [1.807, 2.05) is 0 Å². The highest BCUT2D eigenvalue weighted by molar-refractivity contribution is 5.76. The van der Waals surface area contributed by atoms with Crippen LogP contribution in [0.25, 0.3) is 0 Å². The zero-order valence-corrected chi connectivity index (χ0v) is 8.62. The first-order valence-corrected chi connectivity index (χ1v) is 5.21. The second-order valence-electron chi connectivity index (χ2n) is 4.29. The third kappa shape index (κ3) is 3.27. The largest absolute Gasteiger partial charge is 0.479 e. The van der Waals surface area contributed by atoms with Crippen molar-refractivity contribution in [1.82, 2.24) is 5.32 Å². The SMILES string of the molecule is CC(O)(CNC1CCCCC1)C(=O)O. The topological polar surface area (TPSA) is 69.6 Å². The summed E-state index contributed by atoms with van der Waals surface area (Å²) in [4.78, 5) is 10.6. The fraction of sp³-hybridized carbons (Fsp3) is 0.900. The van der Waals surface area contributed by atoms with Gasteiger partial charge in [-0.05, 0) is 19.8 Å². The number of hydrogen-bond acceptors (Lipinski definition) is 3. The van der Waals surface area contributed by atoms with Crippen LogP contribution in [-0.4, -0.2) is 34.4 Å². The molecule has 1 aliphatic rings. The van der Waals surface area contributed by atoms with E-state index in [9.17, 15) is 9.90 Å². The Morgan fingerprint density at radius 2 is 2.00 bits per heavy atom. The van der Waals surface area contributed by atoms with E-state index in [-0.39, 0.29) is 6.54 Å². The Kier molecular flexibility index (Phi) is 3.89. The Bertz CT molecular complexity index is 198. The molecule has 4 nitrogen and oxygen atoms in total. The van der Waals surface area contributed by atoms with Crippen molar-refractivity contribution in [1.29, 1.82) is 0 Å². The minimum atomic E-state index is -1.64. The number of rotatable bonds is 4. The summed E-state index contributed by atoms with van der Waals surface area (Å²) in [6.07, 6.45) is 5.86. The fourth-order valence-electron chi connectivity index (χ4n) is 1.73. The predicted molar refractivity (Wildman–Crippen MR) is 53.1 cm³/mol. The Balaban J connectivity index is 2.28. The van der Waals surface area contributed by atoms with Gasteiger partial charge in [0.25, 0.3) is 0 Å². The maximum atomic E-state index is 10.6. The van der Waals surface area contributed by atoms with Crippen molar-refractivity contribution < 1.29 is 15.0 Å². The molecule has 0 heterocycles. The molecule has 0 saturated heterocycles. The Labute approximate surface area is 84.3 Å². The molecule has 0 amide bonds. The Morgan fingerprint density at radius 3 is 2.50 bits per heavy atom. The highest BCUT2D eigenvalue weighted by atomic mass is 16.4. The number of carboxylic acids is 1. The lowest BCUT2D eigenvalue weighted by Crippen LogP contribution is -2.48. The molecular weight excluding hydrogens is 182 g/mol. The third-order valence-corrected chi connectivity index (χ3v) is 2.80. The van der Waals surface area contributed by atoms with Crippen molar-refractivity contribution in [3.05, 3.63) is 0 Å². The Hall–Kier alpha value is -0.610. The molecule has 0 spiro atoms. The van der Waals surface area contributed by atoms with Crippen LogP contribution in [0.2, 0.25) is 0 Å². The number of carboxylic acid groups (broad SMARTS) is 1. The molecule has 82 valence electrons. The maximum Gasteiger partial charge on any atom is 0.336 e. The van der Waals surface area contributed by atoms with Gasteiger partial charge in [-0.1, -0.05) is 19.3 Å². The molecular formula is C10H19NO3. The van der Waals surface area contributed by atoms with E-state index in [4.69, 9.17) is 5.11 Å². The molecule has 4 heteroatoms. The summed E-state index contributed by atoms with van der Waals surface area (Å²) >= 11 is 0. The molecule has 1 aliphatic carbocycles. The van der Waals surface area contributed by atoms with Crippen LogP contribution in [0.4, 0.5) is 0 Å². The quantitative estimate of drug-likeness (QED) is 0.627. The van der Waals surface area contributed by atoms with Crippen LogP contribution in [-0.2, 0) is 4.79 Å². The first kappa shape index (κ1) is 11.5. The summed E-state index contributed by atoms with van der Waals surface area (Å²) in [6, 6.07) is 0.384. The van der Waals surface area contributed by atoms with Gasteiger partial charge in [-0.15, -0.1) is 0 Å². The monoisotopic (exact) mass is 201 g/mol. The van der Waals surface area contributed by atoms with Crippen molar-refractivity contribution >= 4 is 5.97 Å². The molecule has 0 aromatic heterocycles. The van der Waals surface area contributed by atoms with E-state index in [1.165, 1.54) is 26.2 Å². The van der Waals surface area contributed by atoms with Gasteiger partial charge in [0.1, 0.15) is 0 Å². The van der Waals surface area contributed by atoms with Crippen LogP contribution in [0.5, 0.6) is 0 Å². The first-order chi connectivity index (χ1) is 6.52. The average Bonchev–Trinajstić information content (AvgIpc) is 2.16. The van der Waals surface area contributed by atoms with Gasteiger partial charge in [0.05, 0.1) is 0 Å². The summed E-state index contributed by atoms with van der Waals surface area (Å²) in [6.45, 7) is 1.46. The number of aliphatic hydroxyl groups is 1.